The molecular formula is C24H26F5N7O5. The number of amidine groups is 1. The van der Waals surface area contributed by atoms with Crippen LogP contribution in [0.25, 0.3) is 11.0 Å². The van der Waals surface area contributed by atoms with Crippen LogP contribution in [-0.2, 0) is 9.53 Å². The number of pyridine rings is 1. The molecule has 2 aromatic heterocycles. The summed E-state index contributed by atoms with van der Waals surface area (Å²) in [6, 6.07) is 3.00. The summed E-state index contributed by atoms with van der Waals surface area (Å²) in [4.78, 5) is 22.9. The lowest BCUT2D eigenvalue weighted by molar-refractivity contribution is -0.275. The lowest BCUT2D eigenvalue weighted by Gasteiger charge is -2.32. The number of ether oxygens (including phenoxy) is 2. The van der Waals surface area contributed by atoms with Gasteiger partial charge in [-0.05, 0) is 13.0 Å². The van der Waals surface area contributed by atoms with Gasteiger partial charge >= 0.3 is 6.18 Å². The number of hydrogen-bond donors (Lipinski definition) is 5. The number of hydrogen-bond acceptors (Lipinski definition) is 8. The highest BCUT2D eigenvalue weighted by Crippen LogP contribution is 2.59. The van der Waals surface area contributed by atoms with Gasteiger partial charge in [-0.3, -0.25) is 4.79 Å². The number of methoxy groups -OCH3 is 1. The predicted octanol–water partition coefficient (Wildman–Crippen LogP) is 2.57. The predicted molar refractivity (Wildman–Crippen MR) is 131 cm³/mol. The molecule has 7 N–H and O–H groups in total. The molecule has 3 aromatic rings. The lowest BCUT2D eigenvalue weighted by atomic mass is 9.77. The number of aromatic amines is 1. The van der Waals surface area contributed by atoms with Crippen molar-refractivity contribution in [3.05, 3.63) is 52.4 Å². The summed E-state index contributed by atoms with van der Waals surface area (Å²) in [5.41, 5.74) is 7.15. The van der Waals surface area contributed by atoms with E-state index >= 15 is 0 Å². The molecule has 0 unspecified atom stereocenters. The van der Waals surface area contributed by atoms with Crippen molar-refractivity contribution in [3.8, 4) is 5.75 Å². The van der Waals surface area contributed by atoms with Crippen LogP contribution in [0.2, 0.25) is 0 Å². The maximum Gasteiger partial charge on any atom is 0.417 e. The summed E-state index contributed by atoms with van der Waals surface area (Å²) in [6.45, 7) is 2.02. The minimum absolute atomic E-state index is 0.000866. The first-order chi connectivity index (χ1) is 19.2. The second-order valence-corrected chi connectivity index (χ2v) is 9.52. The number of aromatic nitrogens is 3. The molecule has 1 fully saturated rings. The van der Waals surface area contributed by atoms with E-state index in [9.17, 15) is 37.2 Å². The highest BCUT2D eigenvalue weighted by atomic mass is 19.4. The van der Waals surface area contributed by atoms with E-state index < -0.39 is 70.0 Å². The van der Waals surface area contributed by atoms with Gasteiger partial charge in [0, 0.05) is 36.4 Å². The Hall–Kier alpha value is -4.25. The SMILES string of the molecule is COc1c([C@H]2[C@H](c3nc4c(/C(N)=N/O)n(O)c(=NC(=O)CCN)cc4[nH]3)O[C@@](C)(C(F)(F)F)[C@H]2C)ccc(F)c1F. The first-order valence-corrected chi connectivity index (χ1v) is 12.1. The molecule has 0 spiro atoms. The summed E-state index contributed by atoms with van der Waals surface area (Å²) >= 11 is 0. The number of oxime groups is 1. The van der Waals surface area contributed by atoms with Gasteiger partial charge in [-0.15, -0.1) is 0 Å². The van der Waals surface area contributed by atoms with Crippen LogP contribution in [0.3, 0.4) is 0 Å². The van der Waals surface area contributed by atoms with E-state index in [4.69, 9.17) is 20.9 Å². The van der Waals surface area contributed by atoms with E-state index in [2.05, 4.69) is 20.1 Å². The van der Waals surface area contributed by atoms with Crippen LogP contribution in [0.4, 0.5) is 22.0 Å². The molecule has 1 saturated heterocycles. The van der Waals surface area contributed by atoms with Gasteiger partial charge in [0.1, 0.15) is 17.4 Å². The quantitative estimate of drug-likeness (QED) is 0.0727. The zero-order valence-corrected chi connectivity index (χ0v) is 21.8. The number of amides is 1. The number of benzene rings is 1. The number of imidazole rings is 1. The number of nitrogens with zero attached hydrogens (tertiary/aromatic N) is 4. The Morgan fingerprint density at radius 3 is 2.61 bits per heavy atom. The minimum atomic E-state index is -4.90. The van der Waals surface area contributed by atoms with E-state index in [1.54, 1.807) is 0 Å². The van der Waals surface area contributed by atoms with E-state index in [0.717, 1.165) is 32.2 Å². The summed E-state index contributed by atoms with van der Waals surface area (Å²) in [7, 11) is 1.04. The Labute approximate surface area is 228 Å². The number of nitrogens with two attached hydrogens (primary N) is 2. The number of halogens is 5. The summed E-state index contributed by atoms with van der Waals surface area (Å²) in [5.74, 6) is -7.60. The Morgan fingerprint density at radius 1 is 1.34 bits per heavy atom. The van der Waals surface area contributed by atoms with Crippen molar-refractivity contribution in [3.63, 3.8) is 0 Å². The van der Waals surface area contributed by atoms with Crippen molar-refractivity contribution in [2.75, 3.05) is 13.7 Å². The molecule has 12 nitrogen and oxygen atoms in total. The van der Waals surface area contributed by atoms with Crippen LogP contribution < -0.4 is 21.7 Å². The van der Waals surface area contributed by atoms with Crippen molar-refractivity contribution >= 4 is 22.8 Å². The van der Waals surface area contributed by atoms with Crippen molar-refractivity contribution in [1.82, 2.24) is 14.7 Å². The first-order valence-electron chi connectivity index (χ1n) is 12.1. The molecule has 0 bridgehead atoms. The third-order valence-electron chi connectivity index (χ3n) is 7.21. The van der Waals surface area contributed by atoms with E-state index in [0.29, 0.717) is 4.73 Å². The number of carbonyl (C=O) groups excluding carboxylic acids is 1. The average molecular weight is 588 g/mol. The van der Waals surface area contributed by atoms with Crippen molar-refractivity contribution in [1.29, 1.82) is 0 Å². The highest BCUT2D eigenvalue weighted by Gasteiger charge is 2.65. The fraction of sp³-hybridized carbons (Fsp3) is 0.417. The summed E-state index contributed by atoms with van der Waals surface area (Å²) < 4.78 is 82.6. The largest absolute Gasteiger partial charge is 0.493 e. The van der Waals surface area contributed by atoms with Crippen LogP contribution in [0, 0.1) is 17.6 Å². The van der Waals surface area contributed by atoms with Crippen molar-refractivity contribution in [2.24, 2.45) is 27.5 Å². The topological polar surface area (TPSA) is 186 Å². The fourth-order valence-corrected chi connectivity index (χ4v) is 4.94. The van der Waals surface area contributed by atoms with E-state index in [1.807, 2.05) is 0 Å². The molecule has 222 valence electrons. The van der Waals surface area contributed by atoms with E-state index in [1.165, 1.54) is 6.92 Å². The molecule has 1 amide bonds. The van der Waals surface area contributed by atoms with Crippen LogP contribution in [0.1, 0.15) is 49.4 Å². The fourth-order valence-electron chi connectivity index (χ4n) is 4.94. The van der Waals surface area contributed by atoms with Crippen molar-refractivity contribution in [2.45, 2.75) is 44.1 Å². The number of nitrogens with one attached hydrogen (secondary N) is 1. The van der Waals surface area contributed by atoms with Crippen LogP contribution in [0.15, 0.2) is 28.3 Å². The van der Waals surface area contributed by atoms with Gasteiger partial charge < -0.3 is 36.3 Å². The van der Waals surface area contributed by atoms with Crippen LogP contribution in [-0.4, -0.2) is 62.3 Å². The zero-order valence-electron chi connectivity index (χ0n) is 21.8. The number of H-pyrrole nitrogens is 1. The van der Waals surface area contributed by atoms with Gasteiger partial charge in [0.25, 0.3) is 0 Å². The molecule has 17 heteroatoms. The maximum atomic E-state index is 14.7. The molecule has 0 aliphatic carbocycles. The van der Waals surface area contributed by atoms with Gasteiger partial charge in [0.15, 0.2) is 34.2 Å². The molecule has 0 radical (unpaired) electrons. The number of rotatable bonds is 6. The van der Waals surface area contributed by atoms with Gasteiger partial charge in [0.2, 0.25) is 11.7 Å². The Bertz CT molecular complexity index is 1600. The van der Waals surface area contributed by atoms with Gasteiger partial charge in [-0.25, -0.2) is 9.37 Å². The molecule has 4 atom stereocenters. The molecule has 1 aliphatic rings. The van der Waals surface area contributed by atoms with Gasteiger partial charge in [-0.2, -0.15) is 27.3 Å². The third-order valence-corrected chi connectivity index (χ3v) is 7.21. The highest BCUT2D eigenvalue weighted by molar-refractivity contribution is 6.05. The summed E-state index contributed by atoms with van der Waals surface area (Å²) in [5, 5.41) is 22.8. The summed E-state index contributed by atoms with van der Waals surface area (Å²) in [6.07, 6.45) is -6.64. The Kier molecular flexibility index (Phi) is 7.70. The third kappa shape index (κ3) is 4.84. The molecule has 4 rings (SSSR count). The smallest absolute Gasteiger partial charge is 0.417 e. The lowest BCUT2D eigenvalue weighted by Crippen LogP contribution is -2.46. The Morgan fingerprint density at radius 2 is 2.02 bits per heavy atom. The molecule has 0 saturated carbocycles. The number of alkyl halides is 3. The molecule has 41 heavy (non-hydrogen) atoms. The first kappa shape index (κ1) is 29.7. The molecule has 3 heterocycles. The second kappa shape index (κ2) is 10.6. The molecule has 1 aromatic carbocycles. The monoisotopic (exact) mass is 587 g/mol. The number of carbonyl (C=O) groups is 1. The Balaban J connectivity index is 2.00. The number of fused-ring (bicyclic) bond motifs is 1. The van der Waals surface area contributed by atoms with Crippen molar-refractivity contribution < 1.29 is 46.6 Å². The molecule has 1 aliphatic heterocycles. The van der Waals surface area contributed by atoms with Gasteiger partial charge in [-0.1, -0.05) is 18.1 Å². The normalized spacial score (nSPS) is 23.9. The standard InChI is InChI=1S/C24H26F5N7O5/c1-9-15(10-4-5-11(25)16(26)19(10)40-3)20(41-23(9,2)24(27,28)29)22-32-12-8-13(33-14(37)6-7-30)36(39)18(17(12)34-22)21(31)35-38/h4-5,8-9,15,20,38-39H,6-7,30H2,1-3H3,(H2,31,35)(H,32,34)/t9-,15-,20+,23+/m0/s1. The second-order valence-electron chi connectivity index (χ2n) is 9.52. The van der Waals surface area contributed by atoms with Gasteiger partial charge in [0.05, 0.1) is 12.6 Å². The van der Waals surface area contributed by atoms with Crippen LogP contribution in [0.5, 0.6) is 5.75 Å². The van der Waals surface area contributed by atoms with Crippen LogP contribution >= 0.6 is 0 Å². The average Bonchev–Trinajstić information content (AvgIpc) is 3.44. The maximum absolute atomic E-state index is 14.7. The molecular weight excluding hydrogens is 561 g/mol. The zero-order chi connectivity index (χ0) is 30.4. The van der Waals surface area contributed by atoms with E-state index in [-0.39, 0.29) is 35.4 Å². The minimum Gasteiger partial charge on any atom is -0.493 e.